The van der Waals surface area contributed by atoms with Gasteiger partial charge in [0.1, 0.15) is 0 Å². The molecule has 4 nitrogen and oxygen atoms in total. The lowest BCUT2D eigenvalue weighted by atomic mass is 9.92. The summed E-state index contributed by atoms with van der Waals surface area (Å²) in [6.45, 7) is 27.7. The Morgan fingerprint density at radius 2 is 0.825 bits per heavy atom. The fraction of sp³-hybridized carbons (Fsp3) is 0.500. The quantitative estimate of drug-likeness (QED) is 0.195. The number of nitrogens with zero attached hydrogens (tertiary/aromatic N) is 2. The summed E-state index contributed by atoms with van der Waals surface area (Å²) in [4.78, 5) is 9.52. The third-order valence-corrected chi connectivity index (χ3v) is 7.06. The molecule has 2 N–H and O–H groups in total. The number of nitrogens with one attached hydrogen (secondary N) is 2. The minimum absolute atomic E-state index is 0.458. The maximum atomic E-state index is 4.76. The maximum absolute atomic E-state index is 4.76. The first-order chi connectivity index (χ1) is 18.8. The van der Waals surface area contributed by atoms with Crippen molar-refractivity contribution in [1.82, 2.24) is 0 Å². The van der Waals surface area contributed by atoms with Gasteiger partial charge in [0.05, 0.1) is 13.1 Å². The second-order valence-electron chi connectivity index (χ2n) is 12.2. The summed E-state index contributed by atoms with van der Waals surface area (Å²) in [7, 11) is 0. The number of hydrogen-bond donors (Lipinski definition) is 2. The molecule has 0 amide bonds. The highest BCUT2D eigenvalue weighted by molar-refractivity contribution is 5.94. The molecule has 0 fully saturated rings. The van der Waals surface area contributed by atoms with E-state index in [2.05, 4.69) is 142 Å². The smallest absolute Gasteiger partial charge is 0.0588 e. The molecule has 0 aliphatic heterocycles. The van der Waals surface area contributed by atoms with Gasteiger partial charge in [-0.25, -0.2) is 0 Å². The second kappa shape index (κ2) is 15.6. The van der Waals surface area contributed by atoms with Gasteiger partial charge in [-0.2, -0.15) is 0 Å². The Hall–Kier alpha value is -3.14. The van der Waals surface area contributed by atoms with Gasteiger partial charge in [-0.05, 0) is 85.8 Å². The predicted octanol–water partition coefficient (Wildman–Crippen LogP) is 10.4. The molecule has 40 heavy (non-hydrogen) atoms. The van der Waals surface area contributed by atoms with Crippen LogP contribution in [0.4, 0.5) is 11.4 Å². The van der Waals surface area contributed by atoms with Gasteiger partial charge in [0, 0.05) is 34.2 Å². The summed E-state index contributed by atoms with van der Waals surface area (Å²) < 4.78 is 0. The summed E-state index contributed by atoms with van der Waals surface area (Å²) in [6.07, 6.45) is 4.26. The molecule has 0 aliphatic rings. The van der Waals surface area contributed by atoms with Crippen molar-refractivity contribution in [3.05, 3.63) is 82.2 Å². The molecule has 4 heteroatoms. The molecule has 0 atom stereocenters. The van der Waals surface area contributed by atoms with Crippen LogP contribution in [-0.2, 0) is 0 Å². The van der Waals surface area contributed by atoms with E-state index in [0.717, 1.165) is 22.8 Å². The minimum atomic E-state index is 0.458. The van der Waals surface area contributed by atoms with Gasteiger partial charge in [0.15, 0.2) is 0 Å². The Morgan fingerprint density at radius 3 is 1.07 bits per heavy atom. The number of rotatable bonds is 13. The first-order valence-electron chi connectivity index (χ1n) is 15.0. The highest BCUT2D eigenvalue weighted by atomic mass is 14.9. The van der Waals surface area contributed by atoms with Crippen molar-refractivity contribution in [2.24, 2.45) is 9.98 Å². The molecule has 0 spiro atoms. The van der Waals surface area contributed by atoms with Crippen LogP contribution in [-0.4, -0.2) is 24.5 Å². The molecular weight excluding hydrogens is 488 g/mol. The number of hydrogen-bond acceptors (Lipinski definition) is 4. The molecule has 218 valence electrons. The lowest BCUT2D eigenvalue weighted by molar-refractivity contribution is 0.836. The molecule has 2 rings (SSSR count). The van der Waals surface area contributed by atoms with E-state index in [0.29, 0.717) is 36.8 Å². The topological polar surface area (TPSA) is 48.8 Å². The van der Waals surface area contributed by atoms with Crippen molar-refractivity contribution < 1.29 is 0 Å². The maximum Gasteiger partial charge on any atom is 0.0588 e. The van der Waals surface area contributed by atoms with E-state index in [1.807, 2.05) is 0 Å². The van der Waals surface area contributed by atoms with Crippen molar-refractivity contribution in [3.63, 3.8) is 0 Å². The number of para-hydroxylation sites is 2. The highest BCUT2D eigenvalue weighted by Gasteiger charge is 2.15. The molecule has 0 aliphatic carbocycles. The third-order valence-electron chi connectivity index (χ3n) is 7.06. The number of benzene rings is 2. The van der Waals surface area contributed by atoms with Crippen molar-refractivity contribution in [2.45, 2.75) is 107 Å². The number of anilines is 2. The van der Waals surface area contributed by atoms with Crippen molar-refractivity contribution in [1.29, 1.82) is 0 Å². The fourth-order valence-electron chi connectivity index (χ4n) is 5.03. The van der Waals surface area contributed by atoms with Gasteiger partial charge in [0.2, 0.25) is 0 Å². The molecule has 2 aromatic carbocycles. The summed E-state index contributed by atoms with van der Waals surface area (Å²) in [5.41, 5.74) is 12.1. The van der Waals surface area contributed by atoms with Gasteiger partial charge in [-0.1, -0.05) is 91.8 Å². The fourth-order valence-corrected chi connectivity index (χ4v) is 5.03. The van der Waals surface area contributed by atoms with Crippen LogP contribution in [0.15, 0.2) is 69.9 Å². The molecule has 0 unspecified atom stereocenters. The molecule has 0 aromatic heterocycles. The van der Waals surface area contributed by atoms with E-state index >= 15 is 0 Å². The van der Waals surface area contributed by atoms with Crippen LogP contribution in [0.3, 0.4) is 0 Å². The number of aliphatic imine (C=N–C) groups is 2. The zero-order chi connectivity index (χ0) is 30.0. The van der Waals surface area contributed by atoms with Crippen LogP contribution in [0.25, 0.3) is 0 Å². The van der Waals surface area contributed by atoms with Crippen LogP contribution in [0.1, 0.15) is 129 Å². The lowest BCUT2D eigenvalue weighted by Gasteiger charge is -2.21. The van der Waals surface area contributed by atoms with Gasteiger partial charge >= 0.3 is 0 Å². The van der Waals surface area contributed by atoms with E-state index in [1.54, 1.807) is 0 Å². The predicted molar refractivity (Wildman–Crippen MR) is 180 cm³/mol. The normalized spacial score (nSPS) is 13.7. The Labute approximate surface area is 245 Å². The van der Waals surface area contributed by atoms with E-state index in [1.165, 1.54) is 33.6 Å². The van der Waals surface area contributed by atoms with E-state index in [-0.39, 0.29) is 0 Å². The number of allylic oxidation sites excluding steroid dienone is 4. The summed E-state index contributed by atoms with van der Waals surface area (Å²) in [5.74, 6) is 1.83. The highest BCUT2D eigenvalue weighted by Crippen LogP contribution is 2.34. The summed E-state index contributed by atoms with van der Waals surface area (Å²) in [5, 5.41) is 7.36. The second-order valence-corrected chi connectivity index (χ2v) is 12.2. The van der Waals surface area contributed by atoms with Crippen LogP contribution >= 0.6 is 0 Å². The largest absolute Gasteiger partial charge is 0.359 e. The van der Waals surface area contributed by atoms with Crippen molar-refractivity contribution >= 4 is 22.8 Å². The molecule has 0 radical (unpaired) electrons. The SMILES string of the molecule is CC(/C=C(\C)Nc1c(C(C)C)cccc1C(C)C)=NCCN=C(C)/C=C(\C)Nc1c(C(C)C)cccc1C(C)C. The average Bonchev–Trinajstić information content (AvgIpc) is 2.86. The third kappa shape index (κ3) is 9.80. The van der Waals surface area contributed by atoms with Crippen molar-refractivity contribution in [2.75, 3.05) is 23.7 Å². The van der Waals surface area contributed by atoms with Crippen LogP contribution in [0.2, 0.25) is 0 Å². The molecular formula is C36H54N4. The van der Waals surface area contributed by atoms with E-state index in [9.17, 15) is 0 Å². The van der Waals surface area contributed by atoms with Gasteiger partial charge < -0.3 is 10.6 Å². The minimum Gasteiger partial charge on any atom is -0.359 e. The Bertz CT molecular complexity index is 1090. The van der Waals surface area contributed by atoms with E-state index < -0.39 is 0 Å². The first-order valence-corrected chi connectivity index (χ1v) is 15.0. The monoisotopic (exact) mass is 542 g/mol. The molecule has 2 aromatic rings. The van der Waals surface area contributed by atoms with Crippen LogP contribution in [0.5, 0.6) is 0 Å². The van der Waals surface area contributed by atoms with Gasteiger partial charge in [-0.3, -0.25) is 9.98 Å². The molecule has 0 bridgehead atoms. The molecule has 0 heterocycles. The van der Waals surface area contributed by atoms with E-state index in [4.69, 9.17) is 9.98 Å². The Balaban J connectivity index is 2.06. The average molecular weight is 543 g/mol. The van der Waals surface area contributed by atoms with Crippen LogP contribution < -0.4 is 10.6 Å². The standard InChI is InChI=1S/C36H54N4/c1-23(2)31-15-13-16-32(24(3)4)35(31)39-29(11)21-27(9)37-19-20-38-28(10)22-30(12)40-36-33(25(5)6)17-14-18-34(36)26(7)8/h13-18,21-26,39-40H,19-20H2,1-12H3/b29-21+,30-22+,37-27?,38-28?. The van der Waals surface area contributed by atoms with Crippen molar-refractivity contribution in [3.8, 4) is 0 Å². The van der Waals surface area contributed by atoms with Gasteiger partial charge in [0.25, 0.3) is 0 Å². The van der Waals surface area contributed by atoms with Gasteiger partial charge in [-0.15, -0.1) is 0 Å². The zero-order valence-corrected chi connectivity index (χ0v) is 27.2. The molecule has 0 saturated carbocycles. The molecule has 0 saturated heterocycles. The zero-order valence-electron chi connectivity index (χ0n) is 27.2. The first kappa shape index (κ1) is 33.1. The Morgan fingerprint density at radius 1 is 0.550 bits per heavy atom. The summed E-state index contributed by atoms with van der Waals surface area (Å²) >= 11 is 0. The summed E-state index contributed by atoms with van der Waals surface area (Å²) in [6, 6.07) is 13.3. The Kier molecular flexibility index (Phi) is 12.9. The van der Waals surface area contributed by atoms with Crippen LogP contribution in [0, 0.1) is 0 Å². The lowest BCUT2D eigenvalue weighted by Crippen LogP contribution is -2.07.